The molecule has 0 saturated carbocycles. The maximum Gasteiger partial charge on any atom is 0.0577 e. The van der Waals surface area contributed by atoms with Gasteiger partial charge < -0.3 is 5.32 Å². The van der Waals surface area contributed by atoms with Crippen LogP contribution in [0.15, 0.2) is 22.7 Å². The molecule has 0 fully saturated rings. The summed E-state index contributed by atoms with van der Waals surface area (Å²) in [6.07, 6.45) is 0. The van der Waals surface area contributed by atoms with Crippen molar-refractivity contribution in [3.8, 4) is 11.8 Å². The molecular formula is C11H12BrN. The molecule has 0 radical (unpaired) electrons. The molecule has 0 amide bonds. The second-order valence-electron chi connectivity index (χ2n) is 2.74. The van der Waals surface area contributed by atoms with E-state index < -0.39 is 0 Å². The highest BCUT2D eigenvalue weighted by molar-refractivity contribution is 9.10. The summed E-state index contributed by atoms with van der Waals surface area (Å²) in [5, 5.41) is 2.99. The van der Waals surface area contributed by atoms with E-state index in [1.165, 1.54) is 5.56 Å². The van der Waals surface area contributed by atoms with Crippen molar-refractivity contribution in [3.05, 3.63) is 33.8 Å². The van der Waals surface area contributed by atoms with Crippen molar-refractivity contribution in [2.24, 2.45) is 0 Å². The van der Waals surface area contributed by atoms with Crippen LogP contribution in [-0.2, 0) is 0 Å². The van der Waals surface area contributed by atoms with Crippen molar-refractivity contribution in [2.45, 2.75) is 6.92 Å². The van der Waals surface area contributed by atoms with Crippen molar-refractivity contribution in [1.29, 1.82) is 0 Å². The van der Waals surface area contributed by atoms with Crippen LogP contribution in [0.1, 0.15) is 11.1 Å². The molecule has 13 heavy (non-hydrogen) atoms. The highest BCUT2D eigenvalue weighted by Crippen LogP contribution is 2.18. The van der Waals surface area contributed by atoms with E-state index in [2.05, 4.69) is 40.0 Å². The first-order valence-electron chi connectivity index (χ1n) is 4.14. The van der Waals surface area contributed by atoms with Crippen LogP contribution in [0.4, 0.5) is 0 Å². The Bertz CT molecular complexity index is 347. The van der Waals surface area contributed by atoms with Crippen molar-refractivity contribution < 1.29 is 0 Å². The number of rotatable bonds is 1. The van der Waals surface area contributed by atoms with Gasteiger partial charge in [-0.1, -0.05) is 33.8 Å². The van der Waals surface area contributed by atoms with Gasteiger partial charge in [0, 0.05) is 10.0 Å². The second kappa shape index (κ2) is 5.06. The van der Waals surface area contributed by atoms with Gasteiger partial charge in [-0.2, -0.15) is 0 Å². The zero-order chi connectivity index (χ0) is 9.68. The topological polar surface area (TPSA) is 12.0 Å². The fourth-order valence-electron chi connectivity index (χ4n) is 0.971. The van der Waals surface area contributed by atoms with E-state index in [9.17, 15) is 0 Å². The Morgan fingerprint density at radius 1 is 1.46 bits per heavy atom. The lowest BCUT2D eigenvalue weighted by Crippen LogP contribution is -2.04. The molecule has 1 rings (SSSR count). The summed E-state index contributed by atoms with van der Waals surface area (Å²) < 4.78 is 1.11. The van der Waals surface area contributed by atoms with E-state index in [0.717, 1.165) is 16.6 Å². The van der Waals surface area contributed by atoms with Gasteiger partial charge in [0.15, 0.2) is 0 Å². The smallest absolute Gasteiger partial charge is 0.0577 e. The molecule has 0 aliphatic rings. The maximum atomic E-state index is 3.47. The van der Waals surface area contributed by atoms with Crippen LogP contribution >= 0.6 is 15.9 Å². The quantitative estimate of drug-likeness (QED) is 0.740. The van der Waals surface area contributed by atoms with Crippen molar-refractivity contribution >= 4 is 15.9 Å². The summed E-state index contributed by atoms with van der Waals surface area (Å²) in [6.45, 7) is 2.79. The first-order valence-corrected chi connectivity index (χ1v) is 4.93. The van der Waals surface area contributed by atoms with Crippen LogP contribution in [0.5, 0.6) is 0 Å². The lowest BCUT2D eigenvalue weighted by atomic mass is 10.1. The fourth-order valence-corrected chi connectivity index (χ4v) is 1.34. The van der Waals surface area contributed by atoms with Gasteiger partial charge in [0.2, 0.25) is 0 Å². The molecule has 1 nitrogen and oxygen atoms in total. The van der Waals surface area contributed by atoms with E-state index in [4.69, 9.17) is 0 Å². The molecule has 0 bridgehead atoms. The van der Waals surface area contributed by atoms with Crippen LogP contribution in [-0.4, -0.2) is 13.6 Å². The second-order valence-corrected chi connectivity index (χ2v) is 3.60. The summed E-state index contributed by atoms with van der Waals surface area (Å²) in [5.74, 6) is 6.15. The van der Waals surface area contributed by atoms with Crippen LogP contribution < -0.4 is 5.32 Å². The normalized spacial score (nSPS) is 9.15. The Hall–Kier alpha value is -0.780. The minimum absolute atomic E-state index is 0.728. The predicted octanol–water partition coefficient (Wildman–Crippen LogP) is 2.33. The number of hydrogen-bond donors (Lipinski definition) is 1. The first-order chi connectivity index (χ1) is 6.25. The molecule has 0 heterocycles. The van der Waals surface area contributed by atoms with E-state index in [1.54, 1.807) is 0 Å². The number of hydrogen-bond acceptors (Lipinski definition) is 1. The lowest BCUT2D eigenvalue weighted by molar-refractivity contribution is 0.938. The Balaban J connectivity index is 2.91. The maximum absolute atomic E-state index is 3.47. The third-order valence-corrected chi connectivity index (χ3v) is 2.61. The SMILES string of the molecule is CNCC#Cc1cccc(Br)c1C. The highest BCUT2D eigenvalue weighted by atomic mass is 79.9. The molecular weight excluding hydrogens is 226 g/mol. The molecule has 0 aliphatic carbocycles. The van der Waals surface area contributed by atoms with Gasteiger partial charge in [-0.15, -0.1) is 0 Å². The largest absolute Gasteiger partial charge is 0.309 e. The van der Waals surface area contributed by atoms with Crippen molar-refractivity contribution in [2.75, 3.05) is 13.6 Å². The van der Waals surface area contributed by atoms with Crippen LogP contribution in [0.3, 0.4) is 0 Å². The predicted molar refractivity (Wildman–Crippen MR) is 59.7 cm³/mol. The summed E-state index contributed by atoms with van der Waals surface area (Å²) in [5.41, 5.74) is 2.29. The van der Waals surface area contributed by atoms with E-state index in [1.807, 2.05) is 25.2 Å². The molecule has 0 aromatic heterocycles. The molecule has 0 saturated heterocycles. The molecule has 1 N–H and O–H groups in total. The van der Waals surface area contributed by atoms with Gasteiger partial charge >= 0.3 is 0 Å². The lowest BCUT2D eigenvalue weighted by Gasteiger charge is -1.99. The van der Waals surface area contributed by atoms with E-state index in [0.29, 0.717) is 0 Å². The van der Waals surface area contributed by atoms with Gasteiger partial charge in [0.1, 0.15) is 0 Å². The molecule has 2 heteroatoms. The van der Waals surface area contributed by atoms with Crippen molar-refractivity contribution in [1.82, 2.24) is 5.32 Å². The average Bonchev–Trinajstić information content (AvgIpc) is 2.13. The number of benzene rings is 1. The van der Waals surface area contributed by atoms with Gasteiger partial charge in [0.05, 0.1) is 6.54 Å². The molecule has 1 aromatic rings. The van der Waals surface area contributed by atoms with Crippen LogP contribution in [0.25, 0.3) is 0 Å². The zero-order valence-corrected chi connectivity index (χ0v) is 9.40. The molecule has 1 aromatic carbocycles. The molecule has 0 spiro atoms. The van der Waals surface area contributed by atoms with Gasteiger partial charge in [0.25, 0.3) is 0 Å². The number of nitrogens with one attached hydrogen (secondary N) is 1. The minimum atomic E-state index is 0.728. The average molecular weight is 238 g/mol. The van der Waals surface area contributed by atoms with Crippen LogP contribution in [0, 0.1) is 18.8 Å². The third kappa shape index (κ3) is 2.87. The highest BCUT2D eigenvalue weighted by Gasteiger charge is 1.96. The molecule has 0 atom stereocenters. The van der Waals surface area contributed by atoms with Crippen molar-refractivity contribution in [3.63, 3.8) is 0 Å². The third-order valence-electron chi connectivity index (χ3n) is 1.76. The Morgan fingerprint density at radius 2 is 2.23 bits per heavy atom. The standard InChI is InChI=1S/C11H12BrN/c1-9-10(6-4-8-13-2)5-3-7-11(9)12/h3,5,7,13H,8H2,1-2H3. The summed E-state index contributed by atoms with van der Waals surface area (Å²) >= 11 is 3.47. The van der Waals surface area contributed by atoms with Gasteiger partial charge in [-0.25, -0.2) is 0 Å². The fraction of sp³-hybridized carbons (Fsp3) is 0.273. The van der Waals surface area contributed by atoms with E-state index in [-0.39, 0.29) is 0 Å². The Kier molecular flexibility index (Phi) is 4.01. The molecule has 0 aliphatic heterocycles. The number of halogens is 1. The van der Waals surface area contributed by atoms with Gasteiger partial charge in [-0.05, 0) is 31.7 Å². The monoisotopic (exact) mass is 237 g/mol. The summed E-state index contributed by atoms with van der Waals surface area (Å²) in [7, 11) is 1.89. The van der Waals surface area contributed by atoms with Crippen LogP contribution in [0.2, 0.25) is 0 Å². The molecule has 0 unspecified atom stereocenters. The first kappa shape index (κ1) is 10.3. The molecule has 68 valence electrons. The minimum Gasteiger partial charge on any atom is -0.309 e. The zero-order valence-electron chi connectivity index (χ0n) is 7.82. The Morgan fingerprint density at radius 3 is 2.92 bits per heavy atom. The van der Waals surface area contributed by atoms with Gasteiger partial charge in [-0.3, -0.25) is 0 Å². The summed E-state index contributed by atoms with van der Waals surface area (Å²) in [6, 6.07) is 6.06. The van der Waals surface area contributed by atoms with E-state index >= 15 is 0 Å². The Labute approximate surface area is 87.7 Å². The summed E-state index contributed by atoms with van der Waals surface area (Å²) in [4.78, 5) is 0.